The van der Waals surface area contributed by atoms with Crippen LogP contribution >= 0.6 is 0 Å². The van der Waals surface area contributed by atoms with E-state index in [-0.39, 0.29) is 0 Å². The maximum absolute atomic E-state index is 3.80. The Morgan fingerprint density at radius 1 is 0.812 bits per heavy atom. The Kier molecular flexibility index (Phi) is 5.64. The average Bonchev–Trinajstić information content (AvgIpc) is 2.29. The van der Waals surface area contributed by atoms with Crippen molar-refractivity contribution >= 4 is 0 Å². The van der Waals surface area contributed by atoms with Crippen LogP contribution in [0.2, 0.25) is 0 Å². The molecule has 0 aromatic carbocycles. The Hall–Kier alpha value is -0.0800. The van der Waals surface area contributed by atoms with E-state index in [0.29, 0.717) is 0 Å². The summed E-state index contributed by atoms with van der Waals surface area (Å²) in [5.74, 6) is 0. The highest BCUT2D eigenvalue weighted by Crippen LogP contribution is 2.17. The molecule has 2 aliphatic rings. The third-order valence-electron chi connectivity index (χ3n) is 4.17. The lowest BCUT2D eigenvalue weighted by molar-refractivity contribution is 0.335. The Bertz CT molecular complexity index is 168. The first-order chi connectivity index (χ1) is 7.95. The highest BCUT2D eigenvalue weighted by atomic mass is 15.0. The van der Waals surface area contributed by atoms with Crippen LogP contribution in [-0.4, -0.2) is 25.2 Å². The zero-order valence-corrected chi connectivity index (χ0v) is 10.6. The van der Waals surface area contributed by atoms with E-state index >= 15 is 0 Å². The SMILES string of the molecule is C1CCCC(NCC2CCCCN2)CCC1. The van der Waals surface area contributed by atoms with E-state index in [4.69, 9.17) is 0 Å². The summed E-state index contributed by atoms with van der Waals surface area (Å²) in [6.07, 6.45) is 14.3. The minimum absolute atomic E-state index is 0.749. The molecule has 0 bridgehead atoms. The number of rotatable bonds is 3. The van der Waals surface area contributed by atoms with Crippen molar-refractivity contribution < 1.29 is 0 Å². The average molecular weight is 224 g/mol. The lowest BCUT2D eigenvalue weighted by atomic mass is 9.96. The smallest absolute Gasteiger partial charge is 0.0192 e. The number of hydrogen-bond donors (Lipinski definition) is 2. The van der Waals surface area contributed by atoms with Gasteiger partial charge < -0.3 is 10.6 Å². The highest BCUT2D eigenvalue weighted by molar-refractivity contribution is 4.77. The molecule has 1 saturated carbocycles. The van der Waals surface area contributed by atoms with Gasteiger partial charge in [-0.2, -0.15) is 0 Å². The van der Waals surface area contributed by atoms with Gasteiger partial charge in [0.2, 0.25) is 0 Å². The topological polar surface area (TPSA) is 24.1 Å². The predicted molar refractivity (Wildman–Crippen MR) is 69.8 cm³/mol. The van der Waals surface area contributed by atoms with Crippen molar-refractivity contribution in [3.63, 3.8) is 0 Å². The molecule has 1 saturated heterocycles. The molecular weight excluding hydrogens is 196 g/mol. The van der Waals surface area contributed by atoms with E-state index in [1.165, 1.54) is 77.3 Å². The van der Waals surface area contributed by atoms with E-state index in [9.17, 15) is 0 Å². The van der Waals surface area contributed by atoms with Gasteiger partial charge >= 0.3 is 0 Å². The maximum Gasteiger partial charge on any atom is 0.0192 e. The largest absolute Gasteiger partial charge is 0.313 e. The van der Waals surface area contributed by atoms with Crippen LogP contribution in [0.5, 0.6) is 0 Å². The minimum atomic E-state index is 0.749. The fourth-order valence-electron chi connectivity index (χ4n) is 3.07. The summed E-state index contributed by atoms with van der Waals surface area (Å²) >= 11 is 0. The molecule has 2 fully saturated rings. The van der Waals surface area contributed by atoms with Crippen molar-refractivity contribution in [1.82, 2.24) is 10.6 Å². The summed E-state index contributed by atoms with van der Waals surface area (Å²) in [4.78, 5) is 0. The fraction of sp³-hybridized carbons (Fsp3) is 1.00. The molecule has 16 heavy (non-hydrogen) atoms. The van der Waals surface area contributed by atoms with Crippen LogP contribution < -0.4 is 10.6 Å². The van der Waals surface area contributed by atoms with Crippen LogP contribution in [0, 0.1) is 0 Å². The normalized spacial score (nSPS) is 29.6. The molecule has 1 heterocycles. The Morgan fingerprint density at radius 3 is 2.19 bits per heavy atom. The molecule has 0 aromatic heterocycles. The lowest BCUT2D eigenvalue weighted by Crippen LogP contribution is -2.44. The van der Waals surface area contributed by atoms with E-state index < -0.39 is 0 Å². The van der Waals surface area contributed by atoms with E-state index in [0.717, 1.165) is 12.1 Å². The first-order valence-electron chi connectivity index (χ1n) is 7.42. The molecule has 94 valence electrons. The third-order valence-corrected chi connectivity index (χ3v) is 4.17. The second-order valence-corrected chi connectivity index (χ2v) is 5.60. The predicted octanol–water partition coefficient (Wildman–Crippen LogP) is 2.83. The summed E-state index contributed by atoms with van der Waals surface area (Å²) in [7, 11) is 0. The molecule has 1 atom stereocenters. The zero-order chi connectivity index (χ0) is 11.1. The van der Waals surface area contributed by atoms with Crippen LogP contribution in [0.25, 0.3) is 0 Å². The first kappa shape index (κ1) is 12.4. The van der Waals surface area contributed by atoms with Crippen LogP contribution in [-0.2, 0) is 0 Å². The molecule has 1 unspecified atom stereocenters. The third kappa shape index (κ3) is 4.42. The van der Waals surface area contributed by atoms with Crippen LogP contribution in [0.1, 0.15) is 64.2 Å². The summed E-state index contributed by atoms with van der Waals surface area (Å²) in [5, 5.41) is 7.42. The minimum Gasteiger partial charge on any atom is -0.313 e. The van der Waals surface area contributed by atoms with Crippen molar-refractivity contribution in [1.29, 1.82) is 0 Å². The monoisotopic (exact) mass is 224 g/mol. The van der Waals surface area contributed by atoms with Crippen molar-refractivity contribution in [3.05, 3.63) is 0 Å². The molecule has 1 aliphatic carbocycles. The van der Waals surface area contributed by atoms with Crippen molar-refractivity contribution in [2.24, 2.45) is 0 Å². The number of piperidine rings is 1. The number of hydrogen-bond acceptors (Lipinski definition) is 2. The molecule has 2 nitrogen and oxygen atoms in total. The van der Waals surface area contributed by atoms with Gasteiger partial charge in [-0.15, -0.1) is 0 Å². The van der Waals surface area contributed by atoms with Crippen molar-refractivity contribution in [2.45, 2.75) is 76.3 Å². The van der Waals surface area contributed by atoms with Gasteiger partial charge in [0.05, 0.1) is 0 Å². The van der Waals surface area contributed by atoms with E-state index in [2.05, 4.69) is 10.6 Å². The molecule has 0 spiro atoms. The standard InChI is InChI=1S/C14H28N2/c1-2-4-8-13(9-5-3-1)16-12-14-10-6-7-11-15-14/h13-16H,1-12H2. The van der Waals surface area contributed by atoms with Gasteiger partial charge in [0, 0.05) is 18.6 Å². The van der Waals surface area contributed by atoms with Gasteiger partial charge in [0.25, 0.3) is 0 Å². The lowest BCUT2D eigenvalue weighted by Gasteiger charge is -2.27. The summed E-state index contributed by atoms with van der Waals surface area (Å²) in [5.41, 5.74) is 0. The second kappa shape index (κ2) is 7.29. The molecule has 0 aromatic rings. The molecule has 2 heteroatoms. The van der Waals surface area contributed by atoms with Gasteiger partial charge in [-0.25, -0.2) is 0 Å². The summed E-state index contributed by atoms with van der Waals surface area (Å²) in [6.45, 7) is 2.43. The second-order valence-electron chi connectivity index (χ2n) is 5.60. The van der Waals surface area contributed by atoms with Gasteiger partial charge in [-0.1, -0.05) is 38.5 Å². The molecular formula is C14H28N2. The Morgan fingerprint density at radius 2 is 1.50 bits per heavy atom. The molecule has 1 aliphatic heterocycles. The number of nitrogens with one attached hydrogen (secondary N) is 2. The summed E-state index contributed by atoms with van der Waals surface area (Å²) in [6, 6.07) is 1.56. The highest BCUT2D eigenvalue weighted by Gasteiger charge is 2.15. The zero-order valence-electron chi connectivity index (χ0n) is 10.6. The van der Waals surface area contributed by atoms with Crippen LogP contribution in [0.15, 0.2) is 0 Å². The van der Waals surface area contributed by atoms with Gasteiger partial charge in [0.1, 0.15) is 0 Å². The van der Waals surface area contributed by atoms with Gasteiger partial charge in [-0.3, -0.25) is 0 Å². The Balaban J connectivity index is 1.62. The van der Waals surface area contributed by atoms with Gasteiger partial charge in [-0.05, 0) is 32.2 Å². The summed E-state index contributed by atoms with van der Waals surface area (Å²) < 4.78 is 0. The Labute approximate surface area is 101 Å². The van der Waals surface area contributed by atoms with Crippen LogP contribution in [0.3, 0.4) is 0 Å². The van der Waals surface area contributed by atoms with Crippen molar-refractivity contribution in [3.8, 4) is 0 Å². The van der Waals surface area contributed by atoms with Crippen molar-refractivity contribution in [2.75, 3.05) is 13.1 Å². The molecule has 0 amide bonds. The van der Waals surface area contributed by atoms with Crippen LogP contribution in [0.4, 0.5) is 0 Å². The van der Waals surface area contributed by atoms with E-state index in [1.54, 1.807) is 0 Å². The van der Waals surface area contributed by atoms with Gasteiger partial charge in [0.15, 0.2) is 0 Å². The molecule has 2 N–H and O–H groups in total. The molecule has 0 radical (unpaired) electrons. The molecule has 2 rings (SSSR count). The quantitative estimate of drug-likeness (QED) is 0.770. The van der Waals surface area contributed by atoms with E-state index in [1.807, 2.05) is 0 Å². The maximum atomic E-state index is 3.80. The first-order valence-corrected chi connectivity index (χ1v) is 7.42. The fourth-order valence-corrected chi connectivity index (χ4v) is 3.07.